The number of carbonyl (C=O) groups is 1. The predicted octanol–water partition coefficient (Wildman–Crippen LogP) is 2.08. The molecular weight excluding hydrogens is 298 g/mol. The highest BCUT2D eigenvalue weighted by molar-refractivity contribution is 7.14. The number of carbonyl (C=O) groups excluding carboxylic acids is 1. The van der Waals surface area contributed by atoms with Gasteiger partial charge >= 0.3 is 0 Å². The SMILES string of the molecule is CCN(C(C)=O)c1nc(CN2CC(n3cc(C)cn3)C2)cs1. The number of aryl methyl sites for hydroxylation is 1. The molecule has 3 rings (SSSR count). The lowest BCUT2D eigenvalue weighted by Crippen LogP contribution is -2.47. The first-order chi connectivity index (χ1) is 10.6. The van der Waals surface area contributed by atoms with Gasteiger partial charge in [0.15, 0.2) is 5.13 Å². The van der Waals surface area contributed by atoms with Crippen LogP contribution in [0.5, 0.6) is 0 Å². The van der Waals surface area contributed by atoms with Crippen molar-refractivity contribution in [3.05, 3.63) is 29.0 Å². The third kappa shape index (κ3) is 3.05. The van der Waals surface area contributed by atoms with E-state index in [1.54, 1.807) is 11.8 Å². The second-order valence-electron chi connectivity index (χ2n) is 5.73. The largest absolute Gasteiger partial charge is 0.293 e. The summed E-state index contributed by atoms with van der Waals surface area (Å²) in [7, 11) is 0. The molecule has 3 heterocycles. The maximum absolute atomic E-state index is 11.5. The highest BCUT2D eigenvalue weighted by Crippen LogP contribution is 2.26. The van der Waals surface area contributed by atoms with Gasteiger partial charge in [-0.2, -0.15) is 5.10 Å². The Kier molecular flexibility index (Phi) is 4.26. The van der Waals surface area contributed by atoms with Crippen molar-refractivity contribution in [2.45, 2.75) is 33.4 Å². The van der Waals surface area contributed by atoms with E-state index in [9.17, 15) is 4.79 Å². The Bertz CT molecular complexity index is 658. The van der Waals surface area contributed by atoms with Crippen LogP contribution in [0.25, 0.3) is 0 Å². The summed E-state index contributed by atoms with van der Waals surface area (Å²) in [5.74, 6) is 0.0430. The molecule has 1 amide bonds. The molecule has 0 spiro atoms. The van der Waals surface area contributed by atoms with Gasteiger partial charge in [0.25, 0.3) is 0 Å². The van der Waals surface area contributed by atoms with Gasteiger partial charge in [0, 0.05) is 44.7 Å². The molecule has 1 aliphatic heterocycles. The molecular formula is C15H21N5OS. The Morgan fingerprint density at radius 2 is 2.27 bits per heavy atom. The zero-order chi connectivity index (χ0) is 15.7. The number of rotatable bonds is 5. The Morgan fingerprint density at radius 3 is 2.86 bits per heavy atom. The normalized spacial score (nSPS) is 15.8. The molecule has 1 aliphatic rings. The number of anilines is 1. The van der Waals surface area contributed by atoms with Crippen molar-refractivity contribution in [3.63, 3.8) is 0 Å². The Labute approximate surface area is 134 Å². The maximum Gasteiger partial charge on any atom is 0.225 e. The lowest BCUT2D eigenvalue weighted by molar-refractivity contribution is -0.116. The summed E-state index contributed by atoms with van der Waals surface area (Å²) < 4.78 is 2.05. The summed E-state index contributed by atoms with van der Waals surface area (Å²) in [4.78, 5) is 20.2. The minimum atomic E-state index is 0.0430. The van der Waals surface area contributed by atoms with Crippen molar-refractivity contribution in [1.29, 1.82) is 0 Å². The van der Waals surface area contributed by atoms with Gasteiger partial charge in [-0.25, -0.2) is 4.98 Å². The number of amides is 1. The highest BCUT2D eigenvalue weighted by atomic mass is 32.1. The smallest absolute Gasteiger partial charge is 0.225 e. The van der Waals surface area contributed by atoms with Crippen LogP contribution in [-0.2, 0) is 11.3 Å². The van der Waals surface area contributed by atoms with Gasteiger partial charge < -0.3 is 0 Å². The van der Waals surface area contributed by atoms with E-state index in [-0.39, 0.29) is 5.91 Å². The van der Waals surface area contributed by atoms with E-state index in [1.165, 1.54) is 16.9 Å². The maximum atomic E-state index is 11.5. The van der Waals surface area contributed by atoms with E-state index in [1.807, 2.05) is 23.2 Å². The zero-order valence-corrected chi connectivity index (χ0v) is 14.0. The number of hydrogen-bond acceptors (Lipinski definition) is 5. The third-order valence-electron chi connectivity index (χ3n) is 3.90. The average Bonchev–Trinajstić information content (AvgIpc) is 3.03. The van der Waals surface area contributed by atoms with Crippen LogP contribution in [0.4, 0.5) is 5.13 Å². The molecule has 1 fully saturated rings. The van der Waals surface area contributed by atoms with Gasteiger partial charge in [0.2, 0.25) is 5.91 Å². The molecule has 0 radical (unpaired) electrons. The van der Waals surface area contributed by atoms with Crippen LogP contribution in [0.1, 0.15) is 31.1 Å². The van der Waals surface area contributed by atoms with Crippen molar-refractivity contribution in [3.8, 4) is 0 Å². The molecule has 0 N–H and O–H groups in total. The molecule has 0 bridgehead atoms. The minimum absolute atomic E-state index is 0.0430. The van der Waals surface area contributed by atoms with Crippen LogP contribution in [0.2, 0.25) is 0 Å². The van der Waals surface area contributed by atoms with E-state index in [2.05, 4.69) is 28.1 Å². The summed E-state index contributed by atoms with van der Waals surface area (Å²) in [6.07, 6.45) is 3.99. The molecule has 0 unspecified atom stereocenters. The number of likely N-dealkylation sites (tertiary alicyclic amines) is 1. The van der Waals surface area contributed by atoms with Crippen LogP contribution in [0.15, 0.2) is 17.8 Å². The van der Waals surface area contributed by atoms with Gasteiger partial charge in [-0.1, -0.05) is 0 Å². The summed E-state index contributed by atoms with van der Waals surface area (Å²) >= 11 is 1.54. The fourth-order valence-electron chi connectivity index (χ4n) is 2.69. The zero-order valence-electron chi connectivity index (χ0n) is 13.2. The van der Waals surface area contributed by atoms with Gasteiger partial charge in [-0.3, -0.25) is 19.3 Å². The number of nitrogens with zero attached hydrogens (tertiary/aromatic N) is 5. The number of aromatic nitrogens is 3. The van der Waals surface area contributed by atoms with Crippen LogP contribution in [-0.4, -0.2) is 45.2 Å². The van der Waals surface area contributed by atoms with Gasteiger partial charge in [-0.05, 0) is 19.4 Å². The summed E-state index contributed by atoms with van der Waals surface area (Å²) in [5.41, 5.74) is 2.24. The Hall–Kier alpha value is -1.73. The Morgan fingerprint density at radius 1 is 1.50 bits per heavy atom. The predicted molar refractivity (Wildman–Crippen MR) is 87.1 cm³/mol. The first-order valence-corrected chi connectivity index (χ1v) is 8.40. The van der Waals surface area contributed by atoms with Crippen molar-refractivity contribution in [1.82, 2.24) is 19.7 Å². The molecule has 0 aliphatic carbocycles. The molecule has 22 heavy (non-hydrogen) atoms. The van der Waals surface area contributed by atoms with E-state index < -0.39 is 0 Å². The van der Waals surface area contributed by atoms with E-state index >= 15 is 0 Å². The summed E-state index contributed by atoms with van der Waals surface area (Å²) in [6.45, 7) is 9.10. The minimum Gasteiger partial charge on any atom is -0.293 e. The lowest BCUT2D eigenvalue weighted by atomic mass is 10.1. The molecule has 0 aromatic carbocycles. The number of thiazole rings is 1. The first kappa shape index (κ1) is 15.2. The van der Waals surface area contributed by atoms with Gasteiger partial charge in [0.1, 0.15) is 0 Å². The van der Waals surface area contributed by atoms with Gasteiger partial charge in [-0.15, -0.1) is 11.3 Å². The summed E-state index contributed by atoms with van der Waals surface area (Å²) in [5, 5.41) is 7.21. The molecule has 0 saturated carbocycles. The second kappa shape index (κ2) is 6.18. The van der Waals surface area contributed by atoms with E-state index in [0.717, 1.165) is 30.5 Å². The first-order valence-electron chi connectivity index (χ1n) is 7.52. The fourth-order valence-corrected chi connectivity index (χ4v) is 3.61. The summed E-state index contributed by atoms with van der Waals surface area (Å²) in [6, 6.07) is 0.469. The molecule has 0 atom stereocenters. The third-order valence-corrected chi connectivity index (χ3v) is 4.81. The topological polar surface area (TPSA) is 54.3 Å². The van der Waals surface area contributed by atoms with Gasteiger partial charge in [0.05, 0.1) is 17.9 Å². The van der Waals surface area contributed by atoms with Crippen LogP contribution < -0.4 is 4.90 Å². The highest BCUT2D eigenvalue weighted by Gasteiger charge is 2.29. The fraction of sp³-hybridized carbons (Fsp3) is 0.533. The number of hydrogen-bond donors (Lipinski definition) is 0. The molecule has 2 aromatic rings. The van der Waals surface area contributed by atoms with Crippen LogP contribution in [0.3, 0.4) is 0 Å². The molecule has 118 valence electrons. The van der Waals surface area contributed by atoms with Crippen LogP contribution >= 0.6 is 11.3 Å². The van der Waals surface area contributed by atoms with Crippen LogP contribution in [0, 0.1) is 6.92 Å². The quantitative estimate of drug-likeness (QED) is 0.847. The molecule has 7 heteroatoms. The van der Waals surface area contributed by atoms with Crippen molar-refractivity contribution in [2.24, 2.45) is 0 Å². The van der Waals surface area contributed by atoms with Crippen molar-refractivity contribution in [2.75, 3.05) is 24.5 Å². The second-order valence-corrected chi connectivity index (χ2v) is 6.57. The Balaban J connectivity index is 1.55. The van der Waals surface area contributed by atoms with E-state index in [0.29, 0.717) is 12.6 Å². The molecule has 2 aromatic heterocycles. The molecule has 6 nitrogen and oxygen atoms in total. The van der Waals surface area contributed by atoms with Crippen molar-refractivity contribution < 1.29 is 4.79 Å². The lowest BCUT2D eigenvalue weighted by Gasteiger charge is -2.38. The standard InChI is InChI=1S/C15H21N5OS/c1-4-19(12(3)21)15-17-13(10-22-15)7-18-8-14(9-18)20-6-11(2)5-16-20/h5-6,10,14H,4,7-9H2,1-3H3. The monoisotopic (exact) mass is 319 g/mol. The molecule has 1 saturated heterocycles. The van der Waals surface area contributed by atoms with E-state index in [4.69, 9.17) is 0 Å². The average molecular weight is 319 g/mol. The van der Waals surface area contributed by atoms with Crippen molar-refractivity contribution >= 4 is 22.4 Å².